The van der Waals surface area contributed by atoms with Gasteiger partial charge in [-0.05, 0) is 11.4 Å². The van der Waals surface area contributed by atoms with Gasteiger partial charge < -0.3 is 10.3 Å². The smallest absolute Gasteiger partial charge is 0.231 e. The molecule has 3 rings (SSSR count). The molecule has 2 heterocycles. The van der Waals surface area contributed by atoms with Crippen LogP contribution in [0.1, 0.15) is 0 Å². The van der Waals surface area contributed by atoms with E-state index in [-0.39, 0.29) is 11.6 Å². The molecule has 0 aliphatic carbocycles. The molecule has 0 saturated carbocycles. The second kappa shape index (κ2) is 4.68. The van der Waals surface area contributed by atoms with E-state index >= 15 is 0 Å². The Morgan fingerprint density at radius 3 is 2.40 bits per heavy atom. The zero-order valence-electron chi connectivity index (χ0n) is 9.86. The van der Waals surface area contributed by atoms with E-state index in [1.54, 1.807) is 17.5 Å². The first-order valence-corrected chi connectivity index (χ1v) is 6.40. The molecule has 0 aliphatic heterocycles. The Balaban J connectivity index is 2.27. The van der Waals surface area contributed by atoms with Gasteiger partial charge in [0.2, 0.25) is 5.88 Å². The van der Waals surface area contributed by atoms with Gasteiger partial charge in [0.05, 0.1) is 11.1 Å². The minimum atomic E-state index is -1.06. The molecule has 2 N–H and O–H groups in total. The van der Waals surface area contributed by atoms with Gasteiger partial charge in [0.15, 0.2) is 0 Å². The number of hydrogen-bond donors (Lipinski definition) is 1. The number of halogens is 3. The summed E-state index contributed by atoms with van der Waals surface area (Å²) in [7, 11) is 0. The van der Waals surface area contributed by atoms with Crippen molar-refractivity contribution >= 4 is 17.2 Å². The summed E-state index contributed by atoms with van der Waals surface area (Å²) in [6.45, 7) is 0. The molecule has 0 aliphatic rings. The molecule has 0 radical (unpaired) electrons. The van der Waals surface area contributed by atoms with Crippen LogP contribution in [0.3, 0.4) is 0 Å². The number of benzene rings is 1. The molecular formula is C13H7F3N2OS. The number of rotatable bonds is 2. The van der Waals surface area contributed by atoms with Crippen molar-refractivity contribution in [3.8, 4) is 21.7 Å². The molecule has 0 spiro atoms. The molecule has 0 bridgehead atoms. The van der Waals surface area contributed by atoms with Crippen LogP contribution < -0.4 is 5.73 Å². The Labute approximate surface area is 115 Å². The Kier molecular flexibility index (Phi) is 2.98. The van der Waals surface area contributed by atoms with E-state index in [1.807, 2.05) is 0 Å². The van der Waals surface area contributed by atoms with Crippen molar-refractivity contribution in [2.24, 2.45) is 0 Å². The normalized spacial score (nSPS) is 10.9. The summed E-state index contributed by atoms with van der Waals surface area (Å²) in [6, 6.07) is 4.65. The fraction of sp³-hybridized carbons (Fsp3) is 0. The lowest BCUT2D eigenvalue weighted by Crippen LogP contribution is -1.94. The van der Waals surface area contributed by atoms with Crippen LogP contribution in [0, 0.1) is 17.5 Å². The van der Waals surface area contributed by atoms with Crippen molar-refractivity contribution < 1.29 is 17.7 Å². The maximum absolute atomic E-state index is 13.8. The van der Waals surface area contributed by atoms with Gasteiger partial charge in [-0.1, -0.05) is 11.2 Å². The molecule has 7 heteroatoms. The maximum Gasteiger partial charge on any atom is 0.231 e. The average Bonchev–Trinajstić information content (AvgIpc) is 2.97. The van der Waals surface area contributed by atoms with Crippen molar-refractivity contribution in [2.75, 3.05) is 5.73 Å². The van der Waals surface area contributed by atoms with Crippen molar-refractivity contribution in [1.82, 2.24) is 5.16 Å². The zero-order valence-corrected chi connectivity index (χ0v) is 10.7. The first-order chi connectivity index (χ1) is 9.58. The molecule has 20 heavy (non-hydrogen) atoms. The summed E-state index contributed by atoms with van der Waals surface area (Å²) in [4.78, 5) is 0.655. The number of aromatic nitrogens is 1. The van der Waals surface area contributed by atoms with Gasteiger partial charge in [-0.25, -0.2) is 13.2 Å². The van der Waals surface area contributed by atoms with Crippen LogP contribution in [0.2, 0.25) is 0 Å². The number of thiophene rings is 1. The van der Waals surface area contributed by atoms with Gasteiger partial charge in [0, 0.05) is 17.0 Å². The van der Waals surface area contributed by atoms with E-state index in [9.17, 15) is 13.2 Å². The summed E-state index contributed by atoms with van der Waals surface area (Å²) < 4.78 is 45.4. The fourth-order valence-corrected chi connectivity index (χ4v) is 2.68. The largest absolute Gasteiger partial charge is 0.367 e. The number of nitrogen functional groups attached to an aromatic ring is 1. The van der Waals surface area contributed by atoms with E-state index < -0.39 is 23.0 Å². The first kappa shape index (κ1) is 12.7. The molecule has 102 valence electrons. The first-order valence-electron chi connectivity index (χ1n) is 5.52. The predicted molar refractivity (Wildman–Crippen MR) is 69.5 cm³/mol. The van der Waals surface area contributed by atoms with E-state index in [0.717, 1.165) is 0 Å². The highest BCUT2D eigenvalue weighted by Gasteiger charge is 2.24. The van der Waals surface area contributed by atoms with Crippen molar-refractivity contribution in [3.63, 3.8) is 0 Å². The highest BCUT2D eigenvalue weighted by atomic mass is 32.1. The second-order valence-electron chi connectivity index (χ2n) is 3.99. The van der Waals surface area contributed by atoms with E-state index in [1.165, 1.54) is 11.3 Å². The van der Waals surface area contributed by atoms with Crippen molar-refractivity contribution in [2.45, 2.75) is 0 Å². The van der Waals surface area contributed by atoms with Crippen LogP contribution in [0.25, 0.3) is 21.7 Å². The van der Waals surface area contributed by atoms with Gasteiger partial charge in [-0.2, -0.15) is 0 Å². The zero-order chi connectivity index (χ0) is 14.3. The van der Waals surface area contributed by atoms with Crippen LogP contribution in [0.4, 0.5) is 19.1 Å². The third-order valence-electron chi connectivity index (χ3n) is 2.73. The Hall–Kier alpha value is -2.28. The topological polar surface area (TPSA) is 52.0 Å². The summed E-state index contributed by atoms with van der Waals surface area (Å²) in [6.07, 6.45) is 0. The van der Waals surface area contributed by atoms with Crippen molar-refractivity contribution in [3.05, 3.63) is 47.1 Å². The van der Waals surface area contributed by atoms with E-state index in [0.29, 0.717) is 22.6 Å². The van der Waals surface area contributed by atoms with Crippen LogP contribution in [0.5, 0.6) is 0 Å². The number of nitrogens with two attached hydrogens (primary N) is 1. The molecule has 3 aromatic rings. The lowest BCUT2D eigenvalue weighted by molar-refractivity contribution is 0.437. The summed E-state index contributed by atoms with van der Waals surface area (Å²) in [5, 5.41) is 5.38. The quantitative estimate of drug-likeness (QED) is 0.775. The molecule has 0 fully saturated rings. The second-order valence-corrected chi connectivity index (χ2v) is 4.94. The van der Waals surface area contributed by atoms with Gasteiger partial charge >= 0.3 is 0 Å². The number of hydrogen-bond acceptors (Lipinski definition) is 4. The molecule has 1 aromatic carbocycles. The minimum absolute atomic E-state index is 0.0504. The molecule has 0 unspecified atom stereocenters. The van der Waals surface area contributed by atoms with Gasteiger partial charge in [-0.3, -0.25) is 0 Å². The van der Waals surface area contributed by atoms with Gasteiger partial charge in [0.1, 0.15) is 23.1 Å². The summed E-state index contributed by atoms with van der Waals surface area (Å²) in [5.74, 6) is -3.18. The molecule has 0 atom stereocenters. The van der Waals surface area contributed by atoms with Crippen molar-refractivity contribution in [1.29, 1.82) is 0 Å². The predicted octanol–water partition coefficient (Wildman–Crippen LogP) is 4.07. The standard InChI is InChI=1S/C13H7F3N2OS/c14-6-4-7(15)10(8(16)5-6)12-11(13(17)19-18-12)9-2-1-3-20-9/h1-5H,17H2. The SMILES string of the molecule is Nc1onc(-c2c(F)cc(F)cc2F)c1-c1cccs1. The average molecular weight is 296 g/mol. The van der Waals surface area contributed by atoms with Gasteiger partial charge in [0.25, 0.3) is 0 Å². The van der Waals surface area contributed by atoms with Crippen LogP contribution in [-0.2, 0) is 0 Å². The lowest BCUT2D eigenvalue weighted by atomic mass is 10.0. The van der Waals surface area contributed by atoms with Crippen LogP contribution in [0.15, 0.2) is 34.2 Å². The lowest BCUT2D eigenvalue weighted by Gasteiger charge is -2.04. The Morgan fingerprint density at radius 1 is 1.10 bits per heavy atom. The highest BCUT2D eigenvalue weighted by molar-refractivity contribution is 7.13. The molecule has 3 nitrogen and oxygen atoms in total. The third kappa shape index (κ3) is 1.96. The molecule has 0 amide bonds. The molecule has 2 aromatic heterocycles. The minimum Gasteiger partial charge on any atom is -0.367 e. The van der Waals surface area contributed by atoms with Crippen LogP contribution >= 0.6 is 11.3 Å². The third-order valence-corrected chi connectivity index (χ3v) is 3.62. The maximum atomic E-state index is 13.8. The number of anilines is 1. The summed E-state index contributed by atoms with van der Waals surface area (Å²) in [5.41, 5.74) is 5.41. The van der Waals surface area contributed by atoms with Gasteiger partial charge in [-0.15, -0.1) is 11.3 Å². The van der Waals surface area contributed by atoms with E-state index in [4.69, 9.17) is 10.3 Å². The summed E-state index contributed by atoms with van der Waals surface area (Å²) >= 11 is 1.32. The highest BCUT2D eigenvalue weighted by Crippen LogP contribution is 2.40. The molecule has 0 saturated heterocycles. The van der Waals surface area contributed by atoms with Crippen LogP contribution in [-0.4, -0.2) is 5.16 Å². The fourth-order valence-electron chi connectivity index (χ4n) is 1.90. The Morgan fingerprint density at radius 2 is 1.80 bits per heavy atom. The Bertz CT molecular complexity index is 745. The monoisotopic (exact) mass is 296 g/mol. The number of nitrogens with zero attached hydrogens (tertiary/aromatic N) is 1. The van der Waals surface area contributed by atoms with E-state index in [2.05, 4.69) is 5.16 Å². The molecular weight excluding hydrogens is 289 g/mol.